The highest BCUT2D eigenvalue weighted by atomic mass is 79.9. The molecule has 0 atom stereocenters. The van der Waals surface area contributed by atoms with Crippen LogP contribution in [0.5, 0.6) is 0 Å². The number of carboxylic acids is 1. The van der Waals surface area contributed by atoms with Gasteiger partial charge >= 0.3 is 12.1 Å². The molecule has 2 aliphatic rings. The van der Waals surface area contributed by atoms with Crippen molar-refractivity contribution in [2.75, 3.05) is 19.7 Å². The van der Waals surface area contributed by atoms with Crippen molar-refractivity contribution in [3.63, 3.8) is 0 Å². The minimum absolute atomic E-state index is 0.0388. The van der Waals surface area contributed by atoms with Crippen molar-refractivity contribution in [2.45, 2.75) is 31.2 Å². The topological polar surface area (TPSA) is 84.7 Å². The van der Waals surface area contributed by atoms with Gasteiger partial charge < -0.3 is 14.7 Å². The summed E-state index contributed by atoms with van der Waals surface area (Å²) in [4.78, 5) is 26.1. The number of halogens is 1. The lowest BCUT2D eigenvalue weighted by molar-refractivity contribution is -0.137. The van der Waals surface area contributed by atoms with E-state index in [1.54, 1.807) is 9.58 Å². The van der Waals surface area contributed by atoms with Crippen molar-refractivity contribution in [1.82, 2.24) is 14.7 Å². The molecule has 4 aromatic rings. The van der Waals surface area contributed by atoms with E-state index < -0.39 is 5.97 Å². The molecule has 0 unspecified atom stereocenters. The number of aliphatic carboxylic acids is 1. The van der Waals surface area contributed by atoms with E-state index in [4.69, 9.17) is 4.74 Å². The third-order valence-electron chi connectivity index (χ3n) is 7.50. The Morgan fingerprint density at radius 3 is 2.27 bits per heavy atom. The van der Waals surface area contributed by atoms with Crippen LogP contribution in [0, 0.1) is 0 Å². The number of carbonyl (C=O) groups is 2. The number of fused-ring (bicyclic) bond motifs is 4. The zero-order valence-corrected chi connectivity index (χ0v) is 21.7. The molecule has 0 saturated carbocycles. The monoisotopic (exact) mass is 559 g/mol. The molecule has 1 aliphatic heterocycles. The molecular formula is C29H26BrN3O4. The smallest absolute Gasteiger partial charge is 0.409 e. The zero-order valence-electron chi connectivity index (χ0n) is 20.1. The highest BCUT2D eigenvalue weighted by Gasteiger charge is 2.32. The third kappa shape index (κ3) is 4.39. The number of rotatable bonds is 5. The third-order valence-corrected chi connectivity index (χ3v) is 8.00. The standard InChI is InChI=1S/C29H26BrN3O4/c30-19-9-10-26-24(15-19)28(31-33(26)16-27(34)35)18-11-13-32(14-12-18)29(36)37-17-25-22-7-3-1-5-20(22)21-6-2-4-8-23(21)25/h1-10,15,18,25H,11-14,16-17H2,(H,34,35). The lowest BCUT2D eigenvalue weighted by atomic mass is 9.92. The van der Waals surface area contributed by atoms with Crippen LogP contribution in [0.1, 0.15) is 41.5 Å². The summed E-state index contributed by atoms with van der Waals surface area (Å²) in [5, 5.41) is 14.9. The summed E-state index contributed by atoms with van der Waals surface area (Å²) in [6.45, 7) is 1.27. The molecule has 1 fully saturated rings. The number of aromatic nitrogens is 2. The SMILES string of the molecule is O=C(O)Cn1nc(C2CCN(C(=O)OCC3c4ccccc4-c4ccccc43)CC2)c2cc(Br)ccc21. The Balaban J connectivity index is 1.13. The average molecular weight is 560 g/mol. The van der Waals surface area contributed by atoms with Gasteiger partial charge in [0.25, 0.3) is 0 Å². The van der Waals surface area contributed by atoms with Gasteiger partial charge in [0.05, 0.1) is 11.2 Å². The highest BCUT2D eigenvalue weighted by molar-refractivity contribution is 9.10. The predicted octanol–water partition coefficient (Wildman–Crippen LogP) is 6.01. The summed E-state index contributed by atoms with van der Waals surface area (Å²) < 4.78 is 8.33. The van der Waals surface area contributed by atoms with Crippen molar-refractivity contribution >= 4 is 38.9 Å². The van der Waals surface area contributed by atoms with Gasteiger partial charge in [0, 0.05) is 34.8 Å². The van der Waals surface area contributed by atoms with Gasteiger partial charge in [0.1, 0.15) is 13.2 Å². The molecule has 3 aromatic carbocycles. The molecule has 7 nitrogen and oxygen atoms in total. The van der Waals surface area contributed by atoms with Crippen LogP contribution in [-0.2, 0) is 16.1 Å². The lowest BCUT2D eigenvalue weighted by Gasteiger charge is -2.31. The molecule has 6 rings (SSSR count). The molecule has 1 saturated heterocycles. The Labute approximate surface area is 222 Å². The number of carboxylic acid groups (broad SMARTS) is 1. The van der Waals surface area contributed by atoms with E-state index in [1.807, 2.05) is 42.5 Å². The maximum atomic E-state index is 13.0. The van der Waals surface area contributed by atoms with Crippen LogP contribution in [0.25, 0.3) is 22.0 Å². The fourth-order valence-electron chi connectivity index (χ4n) is 5.75. The second-order valence-electron chi connectivity index (χ2n) is 9.66. The summed E-state index contributed by atoms with van der Waals surface area (Å²) in [6, 6.07) is 22.4. The largest absolute Gasteiger partial charge is 0.480 e. The van der Waals surface area contributed by atoms with Crippen molar-refractivity contribution in [3.05, 3.63) is 88.0 Å². The molecule has 1 amide bonds. The first-order valence-corrected chi connectivity index (χ1v) is 13.3. The van der Waals surface area contributed by atoms with Gasteiger partial charge in [-0.05, 0) is 53.3 Å². The Bertz CT molecular complexity index is 1460. The van der Waals surface area contributed by atoms with Crippen LogP contribution in [0.4, 0.5) is 4.79 Å². The van der Waals surface area contributed by atoms with Crippen LogP contribution in [-0.4, -0.2) is 51.5 Å². The van der Waals surface area contributed by atoms with Crippen molar-refractivity contribution in [3.8, 4) is 11.1 Å². The van der Waals surface area contributed by atoms with Gasteiger partial charge in [-0.1, -0.05) is 64.5 Å². The highest BCUT2D eigenvalue weighted by Crippen LogP contribution is 2.44. The van der Waals surface area contributed by atoms with E-state index in [-0.39, 0.29) is 24.5 Å². The van der Waals surface area contributed by atoms with Crippen LogP contribution in [0.3, 0.4) is 0 Å². The summed E-state index contributed by atoms with van der Waals surface area (Å²) in [5.74, 6) is -0.745. The van der Waals surface area contributed by atoms with Gasteiger partial charge in [0.15, 0.2) is 0 Å². The number of nitrogens with zero attached hydrogens (tertiary/aromatic N) is 3. The fraction of sp³-hybridized carbons (Fsp3) is 0.276. The summed E-state index contributed by atoms with van der Waals surface area (Å²) in [6.07, 6.45) is 1.20. The van der Waals surface area contributed by atoms with E-state index in [9.17, 15) is 14.7 Å². The average Bonchev–Trinajstić information content (AvgIpc) is 3.42. The maximum absolute atomic E-state index is 13.0. The summed E-state index contributed by atoms with van der Waals surface area (Å²) in [7, 11) is 0. The fourth-order valence-corrected chi connectivity index (χ4v) is 6.11. The van der Waals surface area contributed by atoms with Gasteiger partial charge in [-0.25, -0.2) is 4.79 Å². The maximum Gasteiger partial charge on any atom is 0.409 e. The second kappa shape index (κ2) is 9.67. The number of hydrogen-bond acceptors (Lipinski definition) is 4. The number of likely N-dealkylation sites (tertiary alicyclic amines) is 1. The Hall–Kier alpha value is -3.65. The molecule has 8 heteroatoms. The van der Waals surface area contributed by atoms with E-state index in [1.165, 1.54) is 22.3 Å². The number of benzene rings is 3. The van der Waals surface area contributed by atoms with Crippen LogP contribution in [0.2, 0.25) is 0 Å². The second-order valence-corrected chi connectivity index (χ2v) is 10.6. The zero-order chi connectivity index (χ0) is 25.5. The minimum atomic E-state index is -0.927. The number of carbonyl (C=O) groups excluding carboxylic acids is 1. The van der Waals surface area contributed by atoms with E-state index in [0.29, 0.717) is 19.7 Å². The predicted molar refractivity (Wildman–Crippen MR) is 144 cm³/mol. The molecule has 0 radical (unpaired) electrons. The Morgan fingerprint density at radius 2 is 1.62 bits per heavy atom. The summed E-state index contributed by atoms with van der Waals surface area (Å²) >= 11 is 3.52. The Morgan fingerprint density at radius 1 is 0.973 bits per heavy atom. The van der Waals surface area contributed by atoms with Crippen molar-refractivity contribution in [1.29, 1.82) is 0 Å². The van der Waals surface area contributed by atoms with Crippen molar-refractivity contribution < 1.29 is 19.4 Å². The molecule has 0 bridgehead atoms. The number of ether oxygens (including phenoxy) is 1. The molecule has 1 N–H and O–H groups in total. The van der Waals surface area contributed by atoms with Crippen LogP contribution in [0.15, 0.2) is 71.2 Å². The normalized spacial score (nSPS) is 15.5. The van der Waals surface area contributed by atoms with E-state index in [2.05, 4.69) is 45.3 Å². The molecule has 1 aromatic heterocycles. The van der Waals surface area contributed by atoms with Gasteiger partial charge in [-0.3, -0.25) is 9.48 Å². The van der Waals surface area contributed by atoms with Gasteiger partial charge in [-0.15, -0.1) is 0 Å². The van der Waals surface area contributed by atoms with Crippen LogP contribution >= 0.6 is 15.9 Å². The lowest BCUT2D eigenvalue weighted by Crippen LogP contribution is -2.38. The van der Waals surface area contributed by atoms with E-state index >= 15 is 0 Å². The van der Waals surface area contributed by atoms with Gasteiger partial charge in [-0.2, -0.15) is 5.10 Å². The molecule has 188 valence electrons. The first-order chi connectivity index (χ1) is 18.0. The number of amides is 1. The van der Waals surface area contributed by atoms with E-state index in [0.717, 1.165) is 33.9 Å². The Kier molecular flexibility index (Phi) is 6.20. The first kappa shape index (κ1) is 23.7. The quantitative estimate of drug-likeness (QED) is 0.323. The number of piperidine rings is 1. The molecule has 0 spiro atoms. The molecular weight excluding hydrogens is 534 g/mol. The van der Waals surface area contributed by atoms with Crippen LogP contribution < -0.4 is 0 Å². The molecule has 37 heavy (non-hydrogen) atoms. The van der Waals surface area contributed by atoms with Gasteiger partial charge in [0.2, 0.25) is 0 Å². The van der Waals surface area contributed by atoms with Crippen molar-refractivity contribution in [2.24, 2.45) is 0 Å². The minimum Gasteiger partial charge on any atom is -0.480 e. The number of hydrogen-bond donors (Lipinski definition) is 1. The molecule has 2 heterocycles. The summed E-state index contributed by atoms with van der Waals surface area (Å²) in [5.41, 5.74) is 6.52. The molecule has 1 aliphatic carbocycles. The first-order valence-electron chi connectivity index (χ1n) is 12.5.